The zero-order valence-electron chi connectivity index (χ0n) is 14.5. The second-order valence-corrected chi connectivity index (χ2v) is 6.73. The lowest BCUT2D eigenvalue weighted by molar-refractivity contribution is -0.115. The summed E-state index contributed by atoms with van der Waals surface area (Å²) in [4.78, 5) is 13.3. The molecule has 0 bridgehead atoms. The summed E-state index contributed by atoms with van der Waals surface area (Å²) in [6.07, 6.45) is 0.986. The Kier molecular flexibility index (Phi) is 6.55. The SMILES string of the molecule is CCc1ccc(NC(=O)[C@H](C)Sc2ccc(OC)c(OC)c2)cc1. The summed E-state index contributed by atoms with van der Waals surface area (Å²) in [5.41, 5.74) is 2.07. The number of hydrogen-bond donors (Lipinski definition) is 1. The van der Waals surface area contributed by atoms with Crippen molar-refractivity contribution in [2.45, 2.75) is 30.4 Å². The van der Waals surface area contributed by atoms with E-state index in [-0.39, 0.29) is 11.2 Å². The van der Waals surface area contributed by atoms with Crippen LogP contribution in [0.3, 0.4) is 0 Å². The number of rotatable bonds is 7. The highest BCUT2D eigenvalue weighted by Crippen LogP contribution is 2.33. The van der Waals surface area contributed by atoms with Crippen molar-refractivity contribution in [3.05, 3.63) is 48.0 Å². The largest absolute Gasteiger partial charge is 0.493 e. The maximum atomic E-state index is 12.4. The molecule has 1 N–H and O–H groups in total. The second kappa shape index (κ2) is 8.64. The van der Waals surface area contributed by atoms with E-state index in [1.54, 1.807) is 14.2 Å². The van der Waals surface area contributed by atoms with Crippen LogP contribution in [0.2, 0.25) is 0 Å². The van der Waals surface area contributed by atoms with Crippen molar-refractivity contribution >= 4 is 23.4 Å². The van der Waals surface area contributed by atoms with Gasteiger partial charge in [0.15, 0.2) is 11.5 Å². The van der Waals surface area contributed by atoms with Gasteiger partial charge in [-0.1, -0.05) is 19.1 Å². The Morgan fingerprint density at radius 2 is 1.75 bits per heavy atom. The Balaban J connectivity index is 2.00. The van der Waals surface area contributed by atoms with Gasteiger partial charge >= 0.3 is 0 Å². The number of aryl methyl sites for hydroxylation is 1. The summed E-state index contributed by atoms with van der Waals surface area (Å²) in [5, 5.41) is 2.72. The Labute approximate surface area is 147 Å². The number of carbonyl (C=O) groups excluding carboxylic acids is 1. The van der Waals surface area contributed by atoms with Gasteiger partial charge in [0.05, 0.1) is 19.5 Å². The molecule has 5 heteroatoms. The van der Waals surface area contributed by atoms with Crippen molar-refractivity contribution in [2.75, 3.05) is 19.5 Å². The molecular weight excluding hydrogens is 322 g/mol. The molecule has 0 saturated heterocycles. The number of amides is 1. The smallest absolute Gasteiger partial charge is 0.237 e. The van der Waals surface area contributed by atoms with Crippen LogP contribution < -0.4 is 14.8 Å². The average Bonchev–Trinajstić information content (AvgIpc) is 2.62. The van der Waals surface area contributed by atoms with Crippen LogP contribution in [0, 0.1) is 0 Å². The molecule has 0 aliphatic heterocycles. The Bertz CT molecular complexity index is 686. The molecule has 0 saturated carbocycles. The molecule has 0 aliphatic carbocycles. The van der Waals surface area contributed by atoms with Gasteiger partial charge in [-0.15, -0.1) is 11.8 Å². The Morgan fingerprint density at radius 1 is 1.08 bits per heavy atom. The van der Waals surface area contributed by atoms with Gasteiger partial charge in [0.25, 0.3) is 0 Å². The van der Waals surface area contributed by atoms with E-state index >= 15 is 0 Å². The van der Waals surface area contributed by atoms with Crippen molar-refractivity contribution in [3.8, 4) is 11.5 Å². The van der Waals surface area contributed by atoms with Gasteiger partial charge in [-0.05, 0) is 49.2 Å². The minimum atomic E-state index is -0.228. The van der Waals surface area contributed by atoms with E-state index in [0.29, 0.717) is 11.5 Å². The predicted octanol–water partition coefficient (Wildman–Crippen LogP) is 4.39. The van der Waals surface area contributed by atoms with Crippen LogP contribution in [-0.4, -0.2) is 25.4 Å². The van der Waals surface area contributed by atoms with Crippen molar-refractivity contribution in [1.29, 1.82) is 0 Å². The molecule has 2 rings (SSSR count). The van der Waals surface area contributed by atoms with Crippen LogP contribution in [0.15, 0.2) is 47.4 Å². The fourth-order valence-corrected chi connectivity index (χ4v) is 3.11. The van der Waals surface area contributed by atoms with E-state index in [1.807, 2.05) is 49.4 Å². The molecule has 2 aromatic carbocycles. The molecule has 0 aliphatic rings. The summed E-state index contributed by atoms with van der Waals surface area (Å²) in [6.45, 7) is 3.99. The van der Waals surface area contributed by atoms with Gasteiger partial charge in [-0.2, -0.15) is 0 Å². The van der Waals surface area contributed by atoms with Crippen LogP contribution in [0.25, 0.3) is 0 Å². The monoisotopic (exact) mass is 345 g/mol. The van der Waals surface area contributed by atoms with E-state index in [0.717, 1.165) is 17.0 Å². The quantitative estimate of drug-likeness (QED) is 0.756. The number of methoxy groups -OCH3 is 2. The van der Waals surface area contributed by atoms with Gasteiger partial charge in [0.2, 0.25) is 5.91 Å². The maximum absolute atomic E-state index is 12.4. The molecule has 0 unspecified atom stereocenters. The summed E-state index contributed by atoms with van der Waals surface area (Å²) in [5.74, 6) is 1.30. The Morgan fingerprint density at radius 3 is 2.33 bits per heavy atom. The van der Waals surface area contributed by atoms with Crippen LogP contribution >= 0.6 is 11.8 Å². The normalized spacial score (nSPS) is 11.7. The Hall–Kier alpha value is -2.14. The maximum Gasteiger partial charge on any atom is 0.237 e. The molecular formula is C19H23NO3S. The van der Waals surface area contributed by atoms with E-state index in [1.165, 1.54) is 17.3 Å². The van der Waals surface area contributed by atoms with E-state index < -0.39 is 0 Å². The van der Waals surface area contributed by atoms with Gasteiger partial charge in [0.1, 0.15) is 0 Å². The standard InChI is InChI=1S/C19H23NO3S/c1-5-14-6-8-15(9-7-14)20-19(21)13(2)24-16-10-11-17(22-3)18(12-16)23-4/h6-13H,5H2,1-4H3,(H,20,21)/t13-/m0/s1. The van der Waals surface area contributed by atoms with Crippen LogP contribution in [0.1, 0.15) is 19.4 Å². The number of nitrogens with one attached hydrogen (secondary N) is 1. The highest BCUT2D eigenvalue weighted by atomic mass is 32.2. The van der Waals surface area contributed by atoms with Crippen molar-refractivity contribution < 1.29 is 14.3 Å². The first-order chi connectivity index (χ1) is 11.6. The lowest BCUT2D eigenvalue weighted by atomic mass is 10.1. The zero-order valence-corrected chi connectivity index (χ0v) is 15.3. The number of hydrogen-bond acceptors (Lipinski definition) is 4. The van der Waals surface area contributed by atoms with Gasteiger partial charge < -0.3 is 14.8 Å². The number of thioether (sulfide) groups is 1. The lowest BCUT2D eigenvalue weighted by Crippen LogP contribution is -2.22. The first-order valence-corrected chi connectivity index (χ1v) is 8.73. The zero-order chi connectivity index (χ0) is 17.5. The molecule has 128 valence electrons. The summed E-state index contributed by atoms with van der Waals surface area (Å²) < 4.78 is 10.5. The third-order valence-electron chi connectivity index (χ3n) is 3.67. The van der Waals surface area contributed by atoms with Gasteiger partial charge in [-0.25, -0.2) is 0 Å². The average molecular weight is 345 g/mol. The third kappa shape index (κ3) is 4.68. The van der Waals surface area contributed by atoms with E-state index in [9.17, 15) is 4.79 Å². The summed E-state index contributed by atoms with van der Waals surface area (Å²) >= 11 is 1.48. The van der Waals surface area contributed by atoms with Crippen molar-refractivity contribution in [1.82, 2.24) is 0 Å². The first kappa shape index (κ1) is 18.2. The fourth-order valence-electron chi connectivity index (χ4n) is 2.22. The highest BCUT2D eigenvalue weighted by Gasteiger charge is 2.16. The molecule has 1 atom stereocenters. The summed E-state index contributed by atoms with van der Waals surface area (Å²) in [7, 11) is 3.20. The number of benzene rings is 2. The molecule has 0 heterocycles. The van der Waals surface area contributed by atoms with Crippen molar-refractivity contribution in [3.63, 3.8) is 0 Å². The third-order valence-corrected chi connectivity index (χ3v) is 4.76. The van der Waals surface area contributed by atoms with Gasteiger partial charge in [0, 0.05) is 10.6 Å². The lowest BCUT2D eigenvalue weighted by Gasteiger charge is -2.14. The number of anilines is 1. The van der Waals surface area contributed by atoms with Crippen LogP contribution in [0.4, 0.5) is 5.69 Å². The van der Waals surface area contributed by atoms with E-state index in [4.69, 9.17) is 9.47 Å². The fraction of sp³-hybridized carbons (Fsp3) is 0.316. The van der Waals surface area contributed by atoms with Crippen molar-refractivity contribution in [2.24, 2.45) is 0 Å². The minimum absolute atomic E-state index is 0.0287. The molecule has 0 radical (unpaired) electrons. The number of ether oxygens (including phenoxy) is 2. The molecule has 0 spiro atoms. The minimum Gasteiger partial charge on any atom is -0.493 e. The van der Waals surface area contributed by atoms with Crippen LogP contribution in [0.5, 0.6) is 11.5 Å². The molecule has 2 aromatic rings. The molecule has 4 nitrogen and oxygen atoms in total. The van der Waals surface area contributed by atoms with Gasteiger partial charge in [-0.3, -0.25) is 4.79 Å². The highest BCUT2D eigenvalue weighted by molar-refractivity contribution is 8.00. The topological polar surface area (TPSA) is 47.6 Å². The van der Waals surface area contributed by atoms with E-state index in [2.05, 4.69) is 12.2 Å². The second-order valence-electron chi connectivity index (χ2n) is 5.32. The number of carbonyl (C=O) groups is 1. The molecule has 0 aromatic heterocycles. The predicted molar refractivity (Wildman–Crippen MR) is 99.3 cm³/mol. The summed E-state index contributed by atoms with van der Waals surface area (Å²) in [6, 6.07) is 13.6. The molecule has 0 fully saturated rings. The van der Waals surface area contributed by atoms with Crippen LogP contribution in [-0.2, 0) is 11.2 Å². The molecule has 24 heavy (non-hydrogen) atoms. The molecule has 1 amide bonds. The first-order valence-electron chi connectivity index (χ1n) is 7.85.